The minimum Gasteiger partial charge on any atom is -0.479 e. The first kappa shape index (κ1) is 10.8. The van der Waals surface area contributed by atoms with Gasteiger partial charge in [-0.1, -0.05) is 32.9 Å². The molecular weight excluding hydrogens is 182 g/mol. The third-order valence-corrected chi connectivity index (χ3v) is 2.11. The Morgan fingerprint density at radius 2 is 2.00 bits per heavy atom. The standard InChI is InChI=1S/C10H15NO3/c1-10(2,3)9(14)11-6-4-5-7(11)8(12)13/h4-5,7H,6H2,1-3H3,(H,12,13). The molecule has 0 saturated heterocycles. The second kappa shape index (κ2) is 3.44. The molecule has 1 aliphatic heterocycles. The van der Waals surface area contributed by atoms with Gasteiger partial charge in [0.05, 0.1) is 0 Å². The zero-order valence-electron chi connectivity index (χ0n) is 8.65. The zero-order chi connectivity index (χ0) is 10.9. The van der Waals surface area contributed by atoms with Gasteiger partial charge in [0.1, 0.15) is 6.04 Å². The van der Waals surface area contributed by atoms with Gasteiger partial charge in [-0.25, -0.2) is 4.79 Å². The van der Waals surface area contributed by atoms with Crippen LogP contribution in [-0.2, 0) is 9.59 Å². The highest BCUT2D eigenvalue weighted by atomic mass is 16.4. The summed E-state index contributed by atoms with van der Waals surface area (Å²) < 4.78 is 0. The van der Waals surface area contributed by atoms with Crippen LogP contribution in [0.4, 0.5) is 0 Å². The summed E-state index contributed by atoms with van der Waals surface area (Å²) in [5, 5.41) is 8.85. The molecule has 1 amide bonds. The van der Waals surface area contributed by atoms with E-state index in [1.165, 1.54) is 4.90 Å². The summed E-state index contributed by atoms with van der Waals surface area (Å²) in [6.07, 6.45) is 3.26. The Balaban J connectivity index is 2.80. The summed E-state index contributed by atoms with van der Waals surface area (Å²) in [4.78, 5) is 24.0. The van der Waals surface area contributed by atoms with Crippen molar-refractivity contribution in [1.82, 2.24) is 4.90 Å². The largest absolute Gasteiger partial charge is 0.479 e. The van der Waals surface area contributed by atoms with Crippen molar-refractivity contribution in [3.63, 3.8) is 0 Å². The van der Waals surface area contributed by atoms with Crippen molar-refractivity contribution < 1.29 is 14.7 Å². The monoisotopic (exact) mass is 197 g/mol. The Morgan fingerprint density at radius 1 is 1.43 bits per heavy atom. The van der Waals surface area contributed by atoms with Gasteiger partial charge in [0.15, 0.2) is 0 Å². The Morgan fingerprint density at radius 3 is 2.43 bits per heavy atom. The van der Waals surface area contributed by atoms with Crippen molar-refractivity contribution >= 4 is 11.9 Å². The quantitative estimate of drug-likeness (QED) is 0.635. The van der Waals surface area contributed by atoms with Crippen LogP contribution in [0.25, 0.3) is 0 Å². The molecule has 0 fully saturated rings. The van der Waals surface area contributed by atoms with Crippen LogP contribution in [0.15, 0.2) is 12.2 Å². The molecule has 78 valence electrons. The van der Waals surface area contributed by atoms with Crippen molar-refractivity contribution in [3.8, 4) is 0 Å². The minimum absolute atomic E-state index is 0.130. The van der Waals surface area contributed by atoms with E-state index in [0.29, 0.717) is 6.54 Å². The number of hydrogen-bond acceptors (Lipinski definition) is 2. The summed E-state index contributed by atoms with van der Waals surface area (Å²) in [5.74, 6) is -1.11. The molecule has 4 heteroatoms. The third kappa shape index (κ3) is 1.95. The van der Waals surface area contributed by atoms with Crippen LogP contribution in [-0.4, -0.2) is 34.5 Å². The second-order valence-corrected chi connectivity index (χ2v) is 4.42. The third-order valence-electron chi connectivity index (χ3n) is 2.11. The molecule has 1 aliphatic rings. The number of nitrogens with zero attached hydrogens (tertiary/aromatic N) is 1. The van der Waals surface area contributed by atoms with Crippen LogP contribution < -0.4 is 0 Å². The number of hydrogen-bond donors (Lipinski definition) is 1. The van der Waals surface area contributed by atoms with E-state index in [-0.39, 0.29) is 5.91 Å². The summed E-state index contributed by atoms with van der Waals surface area (Å²) in [6, 6.07) is -0.790. The maximum atomic E-state index is 11.8. The van der Waals surface area contributed by atoms with Gasteiger partial charge in [-0.3, -0.25) is 4.79 Å². The van der Waals surface area contributed by atoms with Crippen LogP contribution in [0.5, 0.6) is 0 Å². The number of amides is 1. The van der Waals surface area contributed by atoms with E-state index in [4.69, 9.17) is 5.11 Å². The van der Waals surface area contributed by atoms with E-state index in [0.717, 1.165) is 0 Å². The summed E-state index contributed by atoms with van der Waals surface area (Å²) >= 11 is 0. The number of rotatable bonds is 1. The molecule has 0 bridgehead atoms. The molecule has 4 nitrogen and oxygen atoms in total. The van der Waals surface area contributed by atoms with Crippen molar-refractivity contribution in [2.24, 2.45) is 5.41 Å². The summed E-state index contributed by atoms with van der Waals surface area (Å²) in [6.45, 7) is 5.75. The van der Waals surface area contributed by atoms with Crippen molar-refractivity contribution in [3.05, 3.63) is 12.2 Å². The van der Waals surface area contributed by atoms with E-state index in [1.807, 2.05) is 0 Å². The van der Waals surface area contributed by atoms with E-state index in [2.05, 4.69) is 0 Å². The van der Waals surface area contributed by atoms with Gasteiger partial charge in [0, 0.05) is 12.0 Å². The SMILES string of the molecule is CC(C)(C)C(=O)N1CC=CC1C(=O)O. The molecule has 1 rings (SSSR count). The predicted octanol–water partition coefficient (Wildman–Crippen LogP) is 0.884. The Bertz CT molecular complexity index is 288. The molecule has 0 saturated carbocycles. The van der Waals surface area contributed by atoms with Gasteiger partial charge >= 0.3 is 5.97 Å². The number of aliphatic carboxylic acids is 1. The molecule has 1 atom stereocenters. The van der Waals surface area contributed by atoms with Crippen LogP contribution in [0.3, 0.4) is 0 Å². The molecule has 1 N–H and O–H groups in total. The topological polar surface area (TPSA) is 57.6 Å². The lowest BCUT2D eigenvalue weighted by molar-refractivity contribution is -0.150. The van der Waals surface area contributed by atoms with Gasteiger partial charge < -0.3 is 10.0 Å². The highest BCUT2D eigenvalue weighted by Crippen LogP contribution is 2.22. The van der Waals surface area contributed by atoms with Gasteiger partial charge in [0.25, 0.3) is 0 Å². The molecule has 0 radical (unpaired) electrons. The lowest BCUT2D eigenvalue weighted by Crippen LogP contribution is -2.46. The normalized spacial score (nSPS) is 21.4. The van der Waals surface area contributed by atoms with E-state index < -0.39 is 17.4 Å². The van der Waals surface area contributed by atoms with Gasteiger partial charge in [0.2, 0.25) is 5.91 Å². The molecule has 0 aromatic heterocycles. The zero-order valence-corrected chi connectivity index (χ0v) is 8.65. The molecule has 0 aliphatic carbocycles. The van der Waals surface area contributed by atoms with Crippen LogP contribution in [0.1, 0.15) is 20.8 Å². The Kier molecular flexibility index (Phi) is 2.64. The fraction of sp³-hybridized carbons (Fsp3) is 0.600. The molecule has 1 heterocycles. The van der Waals surface area contributed by atoms with Gasteiger partial charge in [-0.15, -0.1) is 0 Å². The summed E-state index contributed by atoms with van der Waals surface area (Å²) in [5.41, 5.74) is -0.528. The molecule has 1 unspecified atom stereocenters. The highest BCUT2D eigenvalue weighted by molar-refractivity contribution is 5.88. The van der Waals surface area contributed by atoms with E-state index in [9.17, 15) is 9.59 Å². The van der Waals surface area contributed by atoms with Crippen LogP contribution >= 0.6 is 0 Å². The maximum absolute atomic E-state index is 11.8. The summed E-state index contributed by atoms with van der Waals surface area (Å²) in [7, 11) is 0. The Labute approximate surface area is 83.2 Å². The first-order chi connectivity index (χ1) is 6.34. The number of carbonyl (C=O) groups excluding carboxylic acids is 1. The van der Waals surface area contributed by atoms with E-state index in [1.54, 1.807) is 32.9 Å². The molecule has 0 spiro atoms. The smallest absolute Gasteiger partial charge is 0.330 e. The fourth-order valence-corrected chi connectivity index (χ4v) is 1.38. The lowest BCUT2D eigenvalue weighted by Gasteiger charge is -2.28. The highest BCUT2D eigenvalue weighted by Gasteiger charge is 2.35. The molecule has 0 aromatic rings. The average molecular weight is 197 g/mol. The molecular formula is C10H15NO3. The number of carboxylic acids is 1. The van der Waals surface area contributed by atoms with Gasteiger partial charge in [-0.2, -0.15) is 0 Å². The second-order valence-electron chi connectivity index (χ2n) is 4.42. The fourth-order valence-electron chi connectivity index (χ4n) is 1.38. The lowest BCUT2D eigenvalue weighted by atomic mass is 9.94. The van der Waals surface area contributed by atoms with Crippen molar-refractivity contribution in [2.45, 2.75) is 26.8 Å². The van der Waals surface area contributed by atoms with E-state index >= 15 is 0 Å². The van der Waals surface area contributed by atoms with Crippen LogP contribution in [0.2, 0.25) is 0 Å². The van der Waals surface area contributed by atoms with Crippen LogP contribution in [0, 0.1) is 5.41 Å². The van der Waals surface area contributed by atoms with Crippen molar-refractivity contribution in [1.29, 1.82) is 0 Å². The maximum Gasteiger partial charge on any atom is 0.330 e. The predicted molar refractivity (Wildman–Crippen MR) is 51.7 cm³/mol. The first-order valence-electron chi connectivity index (χ1n) is 4.54. The average Bonchev–Trinajstić information content (AvgIpc) is 2.48. The van der Waals surface area contributed by atoms with Gasteiger partial charge in [-0.05, 0) is 0 Å². The number of carboxylic acid groups (broad SMARTS) is 1. The Hall–Kier alpha value is -1.32. The molecule has 0 aromatic carbocycles. The molecule has 14 heavy (non-hydrogen) atoms. The van der Waals surface area contributed by atoms with Crippen molar-refractivity contribution in [2.75, 3.05) is 6.54 Å². The first-order valence-corrected chi connectivity index (χ1v) is 4.54. The number of carbonyl (C=O) groups is 2. The minimum atomic E-state index is -0.976.